The van der Waals surface area contributed by atoms with Crippen LogP contribution < -0.4 is 20.1 Å². The summed E-state index contributed by atoms with van der Waals surface area (Å²) in [6, 6.07) is 13.7. The van der Waals surface area contributed by atoms with Gasteiger partial charge in [0.2, 0.25) is 10.0 Å². The molecule has 0 aliphatic carbocycles. The molecule has 178 valence electrons. The summed E-state index contributed by atoms with van der Waals surface area (Å²) in [5.41, 5.74) is 4.00. The van der Waals surface area contributed by atoms with Gasteiger partial charge in [-0.15, -0.1) is 24.0 Å². The van der Waals surface area contributed by atoms with Gasteiger partial charge in [0.1, 0.15) is 5.75 Å². The second-order valence-corrected chi connectivity index (χ2v) is 9.21. The van der Waals surface area contributed by atoms with E-state index >= 15 is 0 Å². The number of benzene rings is 2. The first-order valence-electron chi connectivity index (χ1n) is 10.6. The van der Waals surface area contributed by atoms with Crippen LogP contribution in [-0.2, 0) is 28.9 Å². The summed E-state index contributed by atoms with van der Waals surface area (Å²) in [6.45, 7) is 8.70. The van der Waals surface area contributed by atoms with Crippen molar-refractivity contribution < 1.29 is 13.2 Å². The maximum absolute atomic E-state index is 11.7. The maximum Gasteiger partial charge on any atom is 0.215 e. The Balaban J connectivity index is 0.00000512. The number of sulfonamides is 1. The summed E-state index contributed by atoms with van der Waals surface area (Å²) in [4.78, 5) is 4.65. The molecule has 0 spiro atoms. The van der Waals surface area contributed by atoms with E-state index in [0.29, 0.717) is 25.7 Å². The number of aliphatic imine (C=N–C) groups is 1. The van der Waals surface area contributed by atoms with Gasteiger partial charge >= 0.3 is 0 Å². The Morgan fingerprint density at radius 1 is 1.03 bits per heavy atom. The van der Waals surface area contributed by atoms with Gasteiger partial charge in [0.15, 0.2) is 5.96 Å². The zero-order chi connectivity index (χ0) is 22.7. The number of hydrogen-bond acceptors (Lipinski definition) is 4. The normalized spacial score (nSPS) is 11.6. The summed E-state index contributed by atoms with van der Waals surface area (Å²) in [7, 11) is -1.85. The molecule has 0 saturated carbocycles. The van der Waals surface area contributed by atoms with Crippen LogP contribution in [0.3, 0.4) is 0 Å². The van der Waals surface area contributed by atoms with E-state index in [4.69, 9.17) is 4.74 Å². The van der Waals surface area contributed by atoms with Crippen LogP contribution in [0, 0.1) is 6.92 Å². The molecule has 3 N–H and O–H groups in total. The minimum absolute atomic E-state index is 0. The molecule has 0 fully saturated rings. The molecule has 0 bridgehead atoms. The van der Waals surface area contributed by atoms with Crippen LogP contribution in [0.25, 0.3) is 0 Å². The zero-order valence-electron chi connectivity index (χ0n) is 19.3. The fraction of sp³-hybridized carbons (Fsp3) is 0.435. The van der Waals surface area contributed by atoms with Gasteiger partial charge in [-0.25, -0.2) is 18.1 Å². The summed E-state index contributed by atoms with van der Waals surface area (Å²) >= 11 is 0. The third kappa shape index (κ3) is 9.74. The van der Waals surface area contributed by atoms with Crippen molar-refractivity contribution in [3.63, 3.8) is 0 Å². The SMILES string of the molecule is CCCOc1cc(C)ccc1CNC(=NCc1ccc(CS(=O)(=O)NC)cc1)NCC.I. The van der Waals surface area contributed by atoms with Crippen molar-refractivity contribution in [2.45, 2.75) is 46.0 Å². The van der Waals surface area contributed by atoms with Crippen molar-refractivity contribution in [1.29, 1.82) is 0 Å². The first kappa shape index (κ1) is 28.2. The van der Waals surface area contributed by atoms with Crippen molar-refractivity contribution in [1.82, 2.24) is 15.4 Å². The van der Waals surface area contributed by atoms with E-state index in [-0.39, 0.29) is 29.7 Å². The molecule has 0 aliphatic heterocycles. The second kappa shape index (κ2) is 14.3. The zero-order valence-corrected chi connectivity index (χ0v) is 22.4. The van der Waals surface area contributed by atoms with E-state index in [1.54, 1.807) is 0 Å². The number of nitrogens with one attached hydrogen (secondary N) is 3. The monoisotopic (exact) mass is 574 g/mol. The number of halogens is 1. The van der Waals surface area contributed by atoms with Gasteiger partial charge in [-0.1, -0.05) is 43.3 Å². The highest BCUT2D eigenvalue weighted by molar-refractivity contribution is 14.0. The second-order valence-electron chi connectivity index (χ2n) is 7.29. The highest BCUT2D eigenvalue weighted by atomic mass is 127. The minimum Gasteiger partial charge on any atom is -0.493 e. The molecule has 0 saturated heterocycles. The Bertz CT molecular complexity index is 964. The van der Waals surface area contributed by atoms with E-state index in [9.17, 15) is 8.42 Å². The first-order chi connectivity index (χ1) is 14.9. The molecule has 2 aromatic carbocycles. The van der Waals surface area contributed by atoms with Crippen molar-refractivity contribution >= 4 is 40.0 Å². The lowest BCUT2D eigenvalue weighted by molar-refractivity contribution is 0.313. The Kier molecular flexibility index (Phi) is 12.6. The molecule has 7 nitrogen and oxygen atoms in total. The molecule has 0 amide bonds. The largest absolute Gasteiger partial charge is 0.493 e. The molecule has 0 aromatic heterocycles. The van der Waals surface area contributed by atoms with Gasteiger partial charge in [0.25, 0.3) is 0 Å². The highest BCUT2D eigenvalue weighted by Crippen LogP contribution is 2.20. The summed E-state index contributed by atoms with van der Waals surface area (Å²) in [6.07, 6.45) is 0.963. The van der Waals surface area contributed by atoms with Crippen LogP contribution >= 0.6 is 24.0 Å². The van der Waals surface area contributed by atoms with E-state index in [2.05, 4.69) is 52.4 Å². The average Bonchev–Trinajstić information content (AvgIpc) is 2.76. The highest BCUT2D eigenvalue weighted by Gasteiger charge is 2.09. The predicted octanol–water partition coefficient (Wildman–Crippen LogP) is 3.71. The van der Waals surface area contributed by atoms with Crippen LogP contribution in [0.2, 0.25) is 0 Å². The van der Waals surface area contributed by atoms with Gasteiger partial charge in [-0.2, -0.15) is 0 Å². The summed E-state index contributed by atoms with van der Waals surface area (Å²) in [5, 5.41) is 6.62. The quantitative estimate of drug-likeness (QED) is 0.216. The summed E-state index contributed by atoms with van der Waals surface area (Å²) in [5.74, 6) is 1.58. The fourth-order valence-corrected chi connectivity index (χ4v) is 3.65. The molecule has 2 rings (SSSR count). The maximum atomic E-state index is 11.7. The predicted molar refractivity (Wildman–Crippen MR) is 142 cm³/mol. The van der Waals surface area contributed by atoms with Gasteiger partial charge in [-0.3, -0.25) is 0 Å². The smallest absolute Gasteiger partial charge is 0.215 e. The third-order valence-corrected chi connectivity index (χ3v) is 5.92. The van der Waals surface area contributed by atoms with Gasteiger partial charge < -0.3 is 15.4 Å². The third-order valence-electron chi connectivity index (χ3n) is 4.59. The average molecular weight is 575 g/mol. The number of nitrogens with zero attached hydrogens (tertiary/aromatic N) is 1. The standard InChI is InChI=1S/C23H34N4O3S.HI/c1-5-13-30-22-14-18(3)7-12-21(22)16-27-23(25-6-2)26-15-19-8-10-20(11-9-19)17-31(28,29)24-4;/h7-12,14,24H,5-6,13,15-17H2,1-4H3,(H2,25,26,27);1H. The van der Waals surface area contributed by atoms with E-state index < -0.39 is 10.0 Å². The number of rotatable bonds is 11. The van der Waals surface area contributed by atoms with Crippen molar-refractivity contribution in [3.8, 4) is 5.75 Å². The van der Waals surface area contributed by atoms with Crippen LogP contribution in [0.1, 0.15) is 42.5 Å². The molecule has 9 heteroatoms. The van der Waals surface area contributed by atoms with E-state index in [0.717, 1.165) is 35.4 Å². The van der Waals surface area contributed by atoms with Gasteiger partial charge in [-0.05, 0) is 50.1 Å². The van der Waals surface area contributed by atoms with Crippen molar-refractivity contribution in [2.24, 2.45) is 4.99 Å². The first-order valence-corrected chi connectivity index (χ1v) is 12.3. The lowest BCUT2D eigenvalue weighted by atomic mass is 10.1. The lowest BCUT2D eigenvalue weighted by Gasteiger charge is -2.15. The molecule has 0 radical (unpaired) electrons. The molecule has 0 heterocycles. The molecular weight excluding hydrogens is 539 g/mol. The fourth-order valence-electron chi connectivity index (χ4n) is 2.88. The van der Waals surface area contributed by atoms with Gasteiger partial charge in [0.05, 0.1) is 18.9 Å². The van der Waals surface area contributed by atoms with Crippen LogP contribution in [0.5, 0.6) is 5.75 Å². The molecule has 0 unspecified atom stereocenters. The number of aryl methyl sites for hydroxylation is 1. The Morgan fingerprint density at radius 3 is 2.34 bits per heavy atom. The van der Waals surface area contributed by atoms with E-state index in [1.165, 1.54) is 12.6 Å². The Labute approximate surface area is 209 Å². The van der Waals surface area contributed by atoms with Crippen LogP contribution in [0.15, 0.2) is 47.5 Å². The van der Waals surface area contributed by atoms with E-state index in [1.807, 2.05) is 31.2 Å². The molecule has 0 atom stereocenters. The van der Waals surface area contributed by atoms with Crippen LogP contribution in [0.4, 0.5) is 0 Å². The number of ether oxygens (including phenoxy) is 1. The van der Waals surface area contributed by atoms with Gasteiger partial charge in [0, 0.05) is 18.7 Å². The van der Waals surface area contributed by atoms with Crippen molar-refractivity contribution in [3.05, 3.63) is 64.7 Å². The Morgan fingerprint density at radius 2 is 1.72 bits per heavy atom. The van der Waals surface area contributed by atoms with Crippen molar-refractivity contribution in [2.75, 3.05) is 20.2 Å². The topological polar surface area (TPSA) is 91.8 Å². The molecule has 0 aliphatic rings. The molecule has 2 aromatic rings. The Hall–Kier alpha value is -1.85. The lowest BCUT2D eigenvalue weighted by Crippen LogP contribution is -2.36. The minimum atomic E-state index is -3.27. The van der Waals surface area contributed by atoms with Crippen LogP contribution in [-0.4, -0.2) is 34.6 Å². The summed E-state index contributed by atoms with van der Waals surface area (Å²) < 4.78 is 31.6. The molecular formula is C23H35IN4O3S. The number of guanidine groups is 1. The molecule has 32 heavy (non-hydrogen) atoms. The number of hydrogen-bond donors (Lipinski definition) is 3.